The van der Waals surface area contributed by atoms with E-state index in [1.54, 1.807) is 0 Å². The lowest BCUT2D eigenvalue weighted by Gasteiger charge is -2.20. The first-order valence-corrected chi connectivity index (χ1v) is 14.4. The Bertz CT molecular complexity index is 1200. The van der Waals surface area contributed by atoms with Gasteiger partial charge in [-0.25, -0.2) is 0 Å². The summed E-state index contributed by atoms with van der Waals surface area (Å²) in [6, 6.07) is 5.80. The SMILES string of the molecule is Cc1ccc(Sc2ccc(C)c(C(F)(F)F)c2C#CC2CCCCC2)c(C#CC2CCCCC2)c1C(F)(F)F. The van der Waals surface area contributed by atoms with Crippen molar-refractivity contribution >= 4 is 11.8 Å². The second kappa shape index (κ2) is 12.3. The molecule has 0 spiro atoms. The summed E-state index contributed by atoms with van der Waals surface area (Å²) in [5.74, 6) is 11.8. The maximum atomic E-state index is 14.2. The van der Waals surface area contributed by atoms with Crippen LogP contribution in [0, 0.1) is 49.4 Å². The van der Waals surface area contributed by atoms with Gasteiger partial charge in [0.2, 0.25) is 0 Å². The third-order valence-corrected chi connectivity index (χ3v) is 8.67. The van der Waals surface area contributed by atoms with Crippen molar-refractivity contribution in [2.45, 2.75) is 100 Å². The Labute approximate surface area is 231 Å². The number of benzene rings is 2. The fourth-order valence-corrected chi connectivity index (χ4v) is 6.50. The van der Waals surface area contributed by atoms with Gasteiger partial charge in [-0.1, -0.05) is 86.1 Å². The zero-order valence-corrected chi connectivity index (χ0v) is 23.0. The first-order chi connectivity index (χ1) is 18.4. The van der Waals surface area contributed by atoms with Crippen molar-refractivity contribution in [3.8, 4) is 23.7 Å². The van der Waals surface area contributed by atoms with Gasteiger partial charge in [0, 0.05) is 21.6 Å². The second-order valence-corrected chi connectivity index (χ2v) is 11.7. The minimum absolute atomic E-state index is 0.0197. The van der Waals surface area contributed by atoms with Crippen molar-refractivity contribution in [2.75, 3.05) is 0 Å². The molecule has 2 aromatic carbocycles. The third-order valence-electron chi connectivity index (χ3n) is 7.55. The minimum atomic E-state index is -4.65. The van der Waals surface area contributed by atoms with Crippen molar-refractivity contribution < 1.29 is 26.3 Å². The number of halogens is 6. The minimum Gasteiger partial charge on any atom is -0.166 e. The summed E-state index contributed by atoms with van der Waals surface area (Å²) in [5.41, 5.74) is -1.91. The summed E-state index contributed by atoms with van der Waals surface area (Å²) in [5, 5.41) is 0. The zero-order valence-electron chi connectivity index (χ0n) is 22.2. The molecule has 0 atom stereocenters. The monoisotopic (exact) mass is 562 g/mol. The normalized spacial score (nSPS) is 17.2. The molecular formula is C32H32F6S. The Hall–Kier alpha value is -2.51. The lowest BCUT2D eigenvalue weighted by atomic mass is 9.89. The summed E-state index contributed by atoms with van der Waals surface area (Å²) in [7, 11) is 0. The highest BCUT2D eigenvalue weighted by atomic mass is 32.2. The summed E-state index contributed by atoms with van der Waals surface area (Å²) in [6.45, 7) is 2.77. The van der Waals surface area contributed by atoms with E-state index in [0.29, 0.717) is 0 Å². The van der Waals surface area contributed by atoms with Crippen LogP contribution in [-0.4, -0.2) is 0 Å². The van der Waals surface area contributed by atoms with E-state index in [4.69, 9.17) is 0 Å². The standard InChI is InChI=1S/C32H32F6S/c1-21-13-19-27(25(29(21)31(33,34)35)17-15-23-9-5-3-6-10-23)39-28-20-14-22(2)30(32(36,37)38)26(28)18-16-24-11-7-4-8-12-24/h13-14,19-20,23-24H,3-12H2,1-2H3. The van der Waals surface area contributed by atoms with E-state index in [0.717, 1.165) is 76.0 Å². The van der Waals surface area contributed by atoms with Crippen molar-refractivity contribution in [1.29, 1.82) is 0 Å². The Morgan fingerprint density at radius 3 is 1.28 bits per heavy atom. The maximum Gasteiger partial charge on any atom is 0.417 e. The van der Waals surface area contributed by atoms with Gasteiger partial charge in [-0.2, -0.15) is 26.3 Å². The largest absolute Gasteiger partial charge is 0.417 e. The molecule has 7 heteroatoms. The van der Waals surface area contributed by atoms with E-state index in [1.165, 1.54) is 38.1 Å². The predicted molar refractivity (Wildman–Crippen MR) is 143 cm³/mol. The van der Waals surface area contributed by atoms with Gasteiger partial charge < -0.3 is 0 Å². The maximum absolute atomic E-state index is 14.2. The van der Waals surface area contributed by atoms with Crippen LogP contribution in [0.3, 0.4) is 0 Å². The van der Waals surface area contributed by atoms with Crippen molar-refractivity contribution in [2.24, 2.45) is 11.8 Å². The number of aryl methyl sites for hydroxylation is 2. The lowest BCUT2D eigenvalue weighted by Crippen LogP contribution is -2.13. The lowest BCUT2D eigenvalue weighted by molar-refractivity contribution is -0.139. The van der Waals surface area contributed by atoms with E-state index in [2.05, 4.69) is 23.7 Å². The van der Waals surface area contributed by atoms with Gasteiger partial charge in [-0.3, -0.25) is 0 Å². The van der Waals surface area contributed by atoms with Gasteiger partial charge >= 0.3 is 12.4 Å². The molecule has 0 unspecified atom stereocenters. The van der Waals surface area contributed by atoms with Crippen LogP contribution in [0.4, 0.5) is 26.3 Å². The average molecular weight is 563 g/mol. The molecule has 0 bridgehead atoms. The predicted octanol–water partition coefficient (Wildman–Crippen LogP) is 10.4. The Balaban J connectivity index is 1.84. The van der Waals surface area contributed by atoms with E-state index in [-0.39, 0.29) is 43.9 Å². The molecule has 2 fully saturated rings. The van der Waals surface area contributed by atoms with Crippen LogP contribution < -0.4 is 0 Å². The molecule has 0 amide bonds. The highest BCUT2D eigenvalue weighted by molar-refractivity contribution is 7.99. The topological polar surface area (TPSA) is 0 Å². The summed E-state index contributed by atoms with van der Waals surface area (Å²) < 4.78 is 85.3. The fraction of sp³-hybridized carbons (Fsp3) is 0.500. The van der Waals surface area contributed by atoms with Gasteiger partial charge in [0.05, 0.1) is 22.3 Å². The number of rotatable bonds is 2. The van der Waals surface area contributed by atoms with Crippen LogP contribution in [-0.2, 0) is 12.4 Å². The quantitative estimate of drug-likeness (QED) is 0.259. The van der Waals surface area contributed by atoms with E-state index in [9.17, 15) is 26.3 Å². The van der Waals surface area contributed by atoms with Crippen LogP contribution in [0.15, 0.2) is 34.1 Å². The van der Waals surface area contributed by atoms with Crippen molar-refractivity contribution in [3.63, 3.8) is 0 Å². The van der Waals surface area contributed by atoms with Crippen LogP contribution in [0.2, 0.25) is 0 Å². The van der Waals surface area contributed by atoms with E-state index >= 15 is 0 Å². The average Bonchev–Trinajstić information content (AvgIpc) is 2.88. The molecule has 0 aliphatic heterocycles. The molecule has 0 heterocycles. The summed E-state index contributed by atoms with van der Waals surface area (Å²) in [4.78, 5) is 0.378. The Kier molecular flexibility index (Phi) is 9.33. The van der Waals surface area contributed by atoms with E-state index in [1.807, 2.05) is 0 Å². The van der Waals surface area contributed by atoms with Crippen LogP contribution in [0.25, 0.3) is 0 Å². The molecule has 2 aliphatic rings. The van der Waals surface area contributed by atoms with Crippen LogP contribution in [0.1, 0.15) is 97.6 Å². The number of hydrogen-bond donors (Lipinski definition) is 0. The molecule has 0 aromatic heterocycles. The molecule has 0 nitrogen and oxygen atoms in total. The van der Waals surface area contributed by atoms with Gasteiger partial charge in [-0.05, 0) is 62.8 Å². The zero-order chi connectivity index (χ0) is 28.2. The number of alkyl halides is 6. The molecule has 2 aliphatic carbocycles. The van der Waals surface area contributed by atoms with Gasteiger partial charge in [0.1, 0.15) is 0 Å². The van der Waals surface area contributed by atoms with Gasteiger partial charge in [0.25, 0.3) is 0 Å². The van der Waals surface area contributed by atoms with E-state index < -0.39 is 23.5 Å². The van der Waals surface area contributed by atoms with Crippen LogP contribution >= 0.6 is 11.8 Å². The summed E-state index contributed by atoms with van der Waals surface area (Å²) in [6.07, 6.45) is 0.243. The van der Waals surface area contributed by atoms with Gasteiger partial charge in [-0.15, -0.1) is 0 Å². The van der Waals surface area contributed by atoms with Gasteiger partial charge in [0.15, 0.2) is 0 Å². The molecule has 39 heavy (non-hydrogen) atoms. The first-order valence-electron chi connectivity index (χ1n) is 13.6. The molecule has 0 radical (unpaired) electrons. The Morgan fingerprint density at radius 2 is 0.949 bits per heavy atom. The number of hydrogen-bond acceptors (Lipinski definition) is 1. The highest BCUT2D eigenvalue weighted by Crippen LogP contribution is 2.44. The molecule has 2 aromatic rings. The molecule has 4 rings (SSSR count). The molecule has 0 N–H and O–H groups in total. The fourth-order valence-electron chi connectivity index (χ4n) is 5.49. The smallest absolute Gasteiger partial charge is 0.166 e. The second-order valence-electron chi connectivity index (χ2n) is 10.6. The molecule has 2 saturated carbocycles. The Morgan fingerprint density at radius 1 is 0.590 bits per heavy atom. The highest BCUT2D eigenvalue weighted by Gasteiger charge is 2.38. The molecule has 0 saturated heterocycles. The van der Waals surface area contributed by atoms with Crippen LogP contribution in [0.5, 0.6) is 0 Å². The first kappa shape index (κ1) is 29.5. The summed E-state index contributed by atoms with van der Waals surface area (Å²) >= 11 is 0.887. The van der Waals surface area contributed by atoms with Crippen molar-refractivity contribution in [3.05, 3.63) is 57.6 Å². The molecular weight excluding hydrogens is 530 g/mol. The third kappa shape index (κ3) is 7.37. The van der Waals surface area contributed by atoms with Crippen molar-refractivity contribution in [1.82, 2.24) is 0 Å². The molecule has 208 valence electrons.